The van der Waals surface area contributed by atoms with Gasteiger partial charge >= 0.3 is 17.9 Å². The van der Waals surface area contributed by atoms with Crippen molar-refractivity contribution in [2.45, 2.75) is 252 Å². The van der Waals surface area contributed by atoms with Crippen molar-refractivity contribution in [3.63, 3.8) is 0 Å². The summed E-state index contributed by atoms with van der Waals surface area (Å²) < 4.78 is 16.6. The third-order valence-corrected chi connectivity index (χ3v) is 9.86. The van der Waals surface area contributed by atoms with Crippen molar-refractivity contribution in [2.24, 2.45) is 0 Å². The van der Waals surface area contributed by atoms with Gasteiger partial charge in [0.2, 0.25) is 0 Å². The maximum atomic E-state index is 12.5. The van der Waals surface area contributed by atoms with Crippen molar-refractivity contribution in [1.82, 2.24) is 0 Å². The number of carbonyl (C=O) groups excluding carboxylic acids is 3. The topological polar surface area (TPSA) is 78.9 Å². The van der Waals surface area contributed by atoms with Gasteiger partial charge < -0.3 is 14.2 Å². The summed E-state index contributed by atoms with van der Waals surface area (Å²) >= 11 is 0. The van der Waals surface area contributed by atoms with Crippen LogP contribution in [-0.4, -0.2) is 37.2 Å². The van der Waals surface area contributed by atoms with Crippen LogP contribution in [0.2, 0.25) is 0 Å². The van der Waals surface area contributed by atoms with Gasteiger partial charge in [-0.3, -0.25) is 14.4 Å². The molecule has 0 unspecified atom stereocenters. The molecule has 0 aliphatic rings. The predicted molar refractivity (Wildman–Crippen MR) is 210 cm³/mol. The Hall–Kier alpha value is -1.59. The molecule has 0 spiro atoms. The molecule has 0 heterocycles. The fourth-order valence-corrected chi connectivity index (χ4v) is 6.50. The number of carbonyl (C=O) groups is 3. The van der Waals surface area contributed by atoms with E-state index in [-0.39, 0.29) is 31.1 Å². The van der Waals surface area contributed by atoms with Crippen LogP contribution in [0, 0.1) is 0 Å². The second-order valence-electron chi connectivity index (χ2n) is 15.0. The van der Waals surface area contributed by atoms with Gasteiger partial charge in [0.05, 0.1) is 0 Å². The van der Waals surface area contributed by atoms with E-state index in [0.29, 0.717) is 19.3 Å². The number of rotatable bonds is 40. The van der Waals surface area contributed by atoms with Gasteiger partial charge in [-0.05, 0) is 19.3 Å². The summed E-state index contributed by atoms with van der Waals surface area (Å²) in [7, 11) is 0. The molecule has 0 rings (SSSR count). The average Bonchev–Trinajstić information content (AvgIpc) is 3.11. The highest BCUT2D eigenvalue weighted by Gasteiger charge is 2.19. The van der Waals surface area contributed by atoms with Gasteiger partial charge in [-0.1, -0.05) is 207 Å². The van der Waals surface area contributed by atoms with Crippen molar-refractivity contribution in [3.05, 3.63) is 0 Å². The fourth-order valence-electron chi connectivity index (χ4n) is 6.50. The molecule has 0 radical (unpaired) electrons. The molecule has 0 aliphatic carbocycles. The quantitative estimate of drug-likeness (QED) is 0.0358. The number of ether oxygens (including phenoxy) is 3. The van der Waals surface area contributed by atoms with E-state index in [0.717, 1.165) is 57.8 Å². The van der Waals surface area contributed by atoms with Gasteiger partial charge in [-0.2, -0.15) is 0 Å². The fraction of sp³-hybridized carbons (Fsp3) is 0.932. The third-order valence-electron chi connectivity index (χ3n) is 9.86. The molecule has 0 bridgehead atoms. The molecule has 0 aromatic rings. The zero-order chi connectivity index (χ0) is 36.6. The number of unbranched alkanes of at least 4 members (excludes halogenated alkanes) is 29. The first-order valence-corrected chi connectivity index (χ1v) is 22.0. The predicted octanol–water partition coefficient (Wildman–Crippen LogP) is 13.7. The molecule has 50 heavy (non-hydrogen) atoms. The summed E-state index contributed by atoms with van der Waals surface area (Å²) in [6, 6.07) is 0. The molecule has 0 saturated heterocycles. The molecule has 6 heteroatoms. The summed E-state index contributed by atoms with van der Waals surface area (Å²) in [5.74, 6) is -0.868. The summed E-state index contributed by atoms with van der Waals surface area (Å²) in [5, 5.41) is 0. The summed E-state index contributed by atoms with van der Waals surface area (Å²) in [5.41, 5.74) is 0. The van der Waals surface area contributed by atoms with Gasteiger partial charge in [0.1, 0.15) is 13.2 Å². The minimum Gasteiger partial charge on any atom is -0.462 e. The van der Waals surface area contributed by atoms with Gasteiger partial charge in [0, 0.05) is 19.3 Å². The van der Waals surface area contributed by atoms with Crippen LogP contribution in [0.25, 0.3) is 0 Å². The van der Waals surface area contributed by atoms with Gasteiger partial charge in [-0.15, -0.1) is 0 Å². The van der Waals surface area contributed by atoms with Crippen molar-refractivity contribution in [3.8, 4) is 0 Å². The highest BCUT2D eigenvalue weighted by molar-refractivity contribution is 5.71. The molecular weight excluding hydrogens is 624 g/mol. The van der Waals surface area contributed by atoms with Crippen molar-refractivity contribution >= 4 is 17.9 Å². The molecular formula is C44H84O6. The zero-order valence-corrected chi connectivity index (χ0v) is 33.7. The minimum absolute atomic E-state index is 0.0641. The van der Waals surface area contributed by atoms with Gasteiger partial charge in [0.15, 0.2) is 6.10 Å². The van der Waals surface area contributed by atoms with Crippen LogP contribution in [0.4, 0.5) is 0 Å². The molecule has 0 saturated carbocycles. The molecule has 0 aromatic heterocycles. The van der Waals surface area contributed by atoms with E-state index in [1.807, 2.05) is 0 Å². The Morgan fingerprint density at radius 3 is 0.800 bits per heavy atom. The summed E-state index contributed by atoms with van der Waals surface area (Å²) in [6.07, 6.45) is 39.7. The Bertz CT molecular complexity index is 738. The molecule has 0 fully saturated rings. The van der Waals surface area contributed by atoms with Crippen LogP contribution >= 0.6 is 0 Å². The lowest BCUT2D eigenvalue weighted by Gasteiger charge is -2.18. The molecule has 6 nitrogen and oxygen atoms in total. The first-order chi connectivity index (χ1) is 24.5. The normalized spacial score (nSPS) is 11.8. The largest absolute Gasteiger partial charge is 0.462 e. The second-order valence-corrected chi connectivity index (χ2v) is 15.0. The van der Waals surface area contributed by atoms with E-state index in [1.165, 1.54) is 148 Å². The van der Waals surface area contributed by atoms with E-state index >= 15 is 0 Å². The van der Waals surface area contributed by atoms with Crippen molar-refractivity contribution < 1.29 is 28.6 Å². The Morgan fingerprint density at radius 1 is 0.320 bits per heavy atom. The van der Waals surface area contributed by atoms with Crippen molar-refractivity contribution in [1.29, 1.82) is 0 Å². The van der Waals surface area contributed by atoms with Gasteiger partial charge in [0.25, 0.3) is 0 Å². The SMILES string of the molecule is CCCCCCCCCCCCCCCCCCCCC(=O)OC[C@@H](COC(=O)CCCCCCCCC)OC(=O)CCCCCCCCC. The van der Waals surface area contributed by atoms with Crippen molar-refractivity contribution in [2.75, 3.05) is 13.2 Å². The molecule has 0 N–H and O–H groups in total. The Morgan fingerprint density at radius 2 is 0.540 bits per heavy atom. The van der Waals surface area contributed by atoms with E-state index < -0.39 is 6.10 Å². The lowest BCUT2D eigenvalue weighted by molar-refractivity contribution is -0.167. The van der Waals surface area contributed by atoms with Crippen LogP contribution in [0.5, 0.6) is 0 Å². The van der Waals surface area contributed by atoms with E-state index in [1.54, 1.807) is 0 Å². The minimum atomic E-state index is -0.755. The van der Waals surface area contributed by atoms with Crippen LogP contribution in [0.15, 0.2) is 0 Å². The lowest BCUT2D eigenvalue weighted by atomic mass is 10.0. The molecule has 0 aliphatic heterocycles. The van der Waals surface area contributed by atoms with Crippen LogP contribution in [-0.2, 0) is 28.6 Å². The standard InChI is InChI=1S/C44H84O6/c1-4-7-10-13-16-17-18-19-20-21-22-23-24-25-26-29-31-34-37-43(46)49-40-41(50-44(47)38-35-32-28-15-12-9-6-3)39-48-42(45)36-33-30-27-14-11-8-5-2/h41H,4-40H2,1-3H3/t41-/m1/s1. The van der Waals surface area contributed by atoms with E-state index in [2.05, 4.69) is 20.8 Å². The number of esters is 3. The maximum Gasteiger partial charge on any atom is 0.306 e. The first-order valence-electron chi connectivity index (χ1n) is 22.0. The molecule has 296 valence electrons. The molecule has 0 aromatic carbocycles. The van der Waals surface area contributed by atoms with Crippen LogP contribution in [0.3, 0.4) is 0 Å². The van der Waals surface area contributed by atoms with Crippen LogP contribution < -0.4 is 0 Å². The highest BCUT2D eigenvalue weighted by Crippen LogP contribution is 2.16. The van der Waals surface area contributed by atoms with Gasteiger partial charge in [-0.25, -0.2) is 0 Å². The molecule has 0 amide bonds. The zero-order valence-electron chi connectivity index (χ0n) is 33.7. The van der Waals surface area contributed by atoms with E-state index in [4.69, 9.17) is 14.2 Å². The van der Waals surface area contributed by atoms with Crippen LogP contribution in [0.1, 0.15) is 245 Å². The Balaban J connectivity index is 4.11. The monoisotopic (exact) mass is 709 g/mol. The number of hydrogen-bond acceptors (Lipinski definition) is 6. The molecule has 1 atom stereocenters. The first kappa shape index (κ1) is 48.4. The average molecular weight is 709 g/mol. The third kappa shape index (κ3) is 37.7. The Kier molecular flexibility index (Phi) is 38.9. The summed E-state index contributed by atoms with van der Waals surface area (Å²) in [6.45, 7) is 6.57. The smallest absolute Gasteiger partial charge is 0.306 e. The highest BCUT2D eigenvalue weighted by atomic mass is 16.6. The summed E-state index contributed by atoms with van der Waals surface area (Å²) in [4.78, 5) is 37.4. The maximum absolute atomic E-state index is 12.5. The number of hydrogen-bond donors (Lipinski definition) is 0. The lowest BCUT2D eigenvalue weighted by Crippen LogP contribution is -2.30. The van der Waals surface area contributed by atoms with E-state index in [9.17, 15) is 14.4 Å². The second kappa shape index (κ2) is 40.2. The Labute approximate surface area is 310 Å².